The van der Waals surface area contributed by atoms with Gasteiger partial charge in [-0.2, -0.15) is 0 Å². The van der Waals surface area contributed by atoms with Crippen molar-refractivity contribution in [2.45, 2.75) is 123 Å². The first-order valence-corrected chi connectivity index (χ1v) is 13.4. The van der Waals surface area contributed by atoms with Crippen molar-refractivity contribution in [1.82, 2.24) is 10.6 Å². The van der Waals surface area contributed by atoms with Crippen molar-refractivity contribution in [2.24, 2.45) is 5.92 Å². The van der Waals surface area contributed by atoms with E-state index in [9.17, 15) is 23.5 Å². The lowest BCUT2D eigenvalue weighted by Gasteiger charge is -2.56. The minimum Gasteiger partial charge on any atom is -0.391 e. The van der Waals surface area contributed by atoms with Crippen molar-refractivity contribution in [1.29, 1.82) is 0 Å². The number of hydrogen-bond acceptors (Lipinski definition) is 4. The van der Waals surface area contributed by atoms with Gasteiger partial charge in [-0.3, -0.25) is 9.59 Å². The lowest BCUT2D eigenvalue weighted by Crippen LogP contribution is -2.70. The molecule has 0 aromatic carbocycles. The van der Waals surface area contributed by atoms with E-state index in [2.05, 4.69) is 10.6 Å². The maximum atomic E-state index is 13.9. The second kappa shape index (κ2) is 10.7. The highest BCUT2D eigenvalue weighted by Gasteiger charge is 2.55. The van der Waals surface area contributed by atoms with Crippen molar-refractivity contribution in [3.8, 4) is 0 Å². The van der Waals surface area contributed by atoms with Crippen molar-refractivity contribution in [3.63, 3.8) is 0 Å². The van der Waals surface area contributed by atoms with Crippen LogP contribution in [0.4, 0.5) is 8.78 Å². The van der Waals surface area contributed by atoms with E-state index in [0.29, 0.717) is 57.8 Å². The number of carbonyl (C=O) groups is 2. The summed E-state index contributed by atoms with van der Waals surface area (Å²) in [5.74, 6) is -0.442. The van der Waals surface area contributed by atoms with Crippen LogP contribution in [0.2, 0.25) is 0 Å². The standard InChI is InChI=1S/C24H36Cl2F2N2O4/c25-16-3-1-14(9-18(16)27)10-21(32)29-23-5-7-24(8-6-23,20(31)12-23)30-22(33)13-34-15-2-4-17(26)19(28)11-15/h14-20,31H,1-13H2,(H,29,32)(H,30,33)/t14?,15?,16?,17?,18?,19?,20-,23?,24?/m0/s1. The highest BCUT2D eigenvalue weighted by atomic mass is 35.5. The summed E-state index contributed by atoms with van der Waals surface area (Å²) < 4.78 is 33.3. The molecule has 194 valence electrons. The molecule has 0 saturated heterocycles. The number of fused-ring (bicyclic) bond motifs is 3. The first kappa shape index (κ1) is 26.4. The van der Waals surface area contributed by atoms with E-state index < -0.39 is 40.3 Å². The molecule has 5 saturated carbocycles. The smallest absolute Gasteiger partial charge is 0.246 e. The molecular weight excluding hydrogens is 489 g/mol. The second-order valence-corrected chi connectivity index (χ2v) is 12.1. The average Bonchev–Trinajstić information content (AvgIpc) is 2.78. The van der Waals surface area contributed by atoms with E-state index >= 15 is 0 Å². The summed E-state index contributed by atoms with van der Waals surface area (Å²) in [4.78, 5) is 25.3. The maximum absolute atomic E-state index is 13.9. The molecular formula is C24H36Cl2F2N2O4. The van der Waals surface area contributed by atoms with Crippen LogP contribution in [0.15, 0.2) is 0 Å². The van der Waals surface area contributed by atoms with Gasteiger partial charge in [0, 0.05) is 18.4 Å². The third kappa shape index (κ3) is 5.98. The van der Waals surface area contributed by atoms with E-state index in [4.69, 9.17) is 27.9 Å². The summed E-state index contributed by atoms with van der Waals surface area (Å²) >= 11 is 11.8. The predicted octanol–water partition coefficient (Wildman–Crippen LogP) is 3.69. The van der Waals surface area contributed by atoms with Gasteiger partial charge < -0.3 is 20.5 Å². The average molecular weight is 525 g/mol. The molecule has 0 spiro atoms. The Morgan fingerprint density at radius 1 is 0.912 bits per heavy atom. The van der Waals surface area contributed by atoms with Gasteiger partial charge in [-0.25, -0.2) is 8.78 Å². The molecule has 0 radical (unpaired) electrons. The largest absolute Gasteiger partial charge is 0.391 e. The number of nitrogens with one attached hydrogen (secondary N) is 2. The molecule has 5 aliphatic carbocycles. The number of aliphatic hydroxyl groups is 1. The summed E-state index contributed by atoms with van der Waals surface area (Å²) in [5.41, 5.74) is -1.22. The first-order valence-electron chi connectivity index (χ1n) is 12.6. The van der Waals surface area contributed by atoms with Crippen LogP contribution in [-0.4, -0.2) is 69.9 Å². The number of amides is 2. The Morgan fingerprint density at radius 3 is 2.18 bits per heavy atom. The van der Waals surface area contributed by atoms with Crippen LogP contribution in [0, 0.1) is 5.92 Å². The number of alkyl halides is 4. The molecule has 6 unspecified atom stereocenters. The molecule has 10 heteroatoms. The molecule has 2 amide bonds. The zero-order chi connectivity index (χ0) is 24.5. The van der Waals surface area contributed by atoms with Crippen molar-refractivity contribution in [3.05, 3.63) is 0 Å². The van der Waals surface area contributed by atoms with E-state index in [0.717, 1.165) is 6.42 Å². The maximum Gasteiger partial charge on any atom is 0.246 e. The molecule has 0 aliphatic heterocycles. The van der Waals surface area contributed by atoms with Gasteiger partial charge in [0.1, 0.15) is 19.0 Å². The van der Waals surface area contributed by atoms with E-state index in [1.807, 2.05) is 0 Å². The fourth-order valence-electron chi connectivity index (χ4n) is 6.32. The fraction of sp³-hybridized carbons (Fsp3) is 0.917. The number of halogens is 4. The minimum atomic E-state index is -1.13. The highest BCUT2D eigenvalue weighted by Crippen LogP contribution is 2.47. The number of aliphatic hydroxyl groups excluding tert-OH is 1. The van der Waals surface area contributed by atoms with Gasteiger partial charge in [0.05, 0.1) is 28.5 Å². The van der Waals surface area contributed by atoms with Crippen LogP contribution in [0.1, 0.15) is 77.0 Å². The Balaban J connectivity index is 1.23. The molecule has 0 aromatic heterocycles. The molecule has 3 N–H and O–H groups in total. The zero-order valence-corrected chi connectivity index (χ0v) is 20.9. The third-order valence-electron chi connectivity index (χ3n) is 8.49. The lowest BCUT2D eigenvalue weighted by molar-refractivity contribution is -0.140. The molecule has 34 heavy (non-hydrogen) atoms. The summed E-state index contributed by atoms with van der Waals surface area (Å²) in [6, 6.07) is 0. The molecule has 5 rings (SSSR count). The summed E-state index contributed by atoms with van der Waals surface area (Å²) in [5, 5.41) is 16.1. The van der Waals surface area contributed by atoms with Gasteiger partial charge >= 0.3 is 0 Å². The first-order chi connectivity index (χ1) is 16.1. The van der Waals surface area contributed by atoms with Gasteiger partial charge in [0.15, 0.2) is 0 Å². The Bertz CT molecular complexity index is 752. The number of ether oxygens (including phenoxy) is 1. The number of carbonyl (C=O) groups excluding carboxylic acids is 2. The van der Waals surface area contributed by atoms with Crippen LogP contribution < -0.4 is 10.6 Å². The van der Waals surface area contributed by atoms with Crippen LogP contribution in [0.3, 0.4) is 0 Å². The highest BCUT2D eigenvalue weighted by molar-refractivity contribution is 6.21. The van der Waals surface area contributed by atoms with Gasteiger partial charge in [0.2, 0.25) is 11.8 Å². The Labute approximate surface area is 209 Å². The molecule has 2 bridgehead atoms. The lowest BCUT2D eigenvalue weighted by atomic mass is 9.59. The number of rotatable bonds is 7. The SMILES string of the molecule is O=C(CC1CCC(Cl)C(F)C1)NC12CCC(NC(=O)COC3CCC(Cl)C(F)C3)(CC1)[C@@H](O)C2. The van der Waals surface area contributed by atoms with Gasteiger partial charge in [0.25, 0.3) is 0 Å². The Morgan fingerprint density at radius 2 is 1.56 bits per heavy atom. The van der Waals surface area contributed by atoms with Gasteiger partial charge in [-0.15, -0.1) is 23.2 Å². The van der Waals surface area contributed by atoms with Crippen molar-refractivity contribution in [2.75, 3.05) is 6.61 Å². The van der Waals surface area contributed by atoms with Gasteiger partial charge in [-0.05, 0) is 70.1 Å². The summed E-state index contributed by atoms with van der Waals surface area (Å²) in [6.45, 7) is -0.180. The fourth-order valence-corrected chi connectivity index (χ4v) is 6.77. The monoisotopic (exact) mass is 524 g/mol. The van der Waals surface area contributed by atoms with Crippen molar-refractivity contribution < 1.29 is 28.2 Å². The summed E-state index contributed by atoms with van der Waals surface area (Å²) in [6.07, 6.45) is 2.70. The molecule has 0 heterocycles. The topological polar surface area (TPSA) is 87.7 Å². The van der Waals surface area contributed by atoms with E-state index in [-0.39, 0.29) is 43.3 Å². The predicted molar refractivity (Wildman–Crippen MR) is 125 cm³/mol. The zero-order valence-electron chi connectivity index (χ0n) is 19.4. The van der Waals surface area contributed by atoms with Crippen LogP contribution in [-0.2, 0) is 14.3 Å². The molecule has 7 atom stereocenters. The normalized spacial score (nSPS) is 44.4. The van der Waals surface area contributed by atoms with E-state index in [1.54, 1.807) is 0 Å². The third-order valence-corrected chi connectivity index (χ3v) is 9.47. The Kier molecular flexibility index (Phi) is 8.32. The van der Waals surface area contributed by atoms with Crippen molar-refractivity contribution >= 4 is 35.0 Å². The quantitative estimate of drug-likeness (QED) is 0.443. The van der Waals surface area contributed by atoms with Crippen LogP contribution in [0.25, 0.3) is 0 Å². The molecule has 6 nitrogen and oxygen atoms in total. The summed E-state index contributed by atoms with van der Waals surface area (Å²) in [7, 11) is 0. The molecule has 0 aromatic rings. The van der Waals surface area contributed by atoms with Crippen LogP contribution >= 0.6 is 23.2 Å². The Hall–Kier alpha value is -0.700. The van der Waals surface area contributed by atoms with Gasteiger partial charge in [-0.1, -0.05) is 0 Å². The van der Waals surface area contributed by atoms with Crippen LogP contribution in [0.5, 0.6) is 0 Å². The number of hydrogen-bond donors (Lipinski definition) is 3. The minimum absolute atomic E-state index is 0.0101. The van der Waals surface area contributed by atoms with E-state index in [1.165, 1.54) is 0 Å². The molecule has 5 fully saturated rings. The second-order valence-electron chi connectivity index (χ2n) is 10.9. The molecule has 5 aliphatic rings.